The van der Waals surface area contributed by atoms with Crippen molar-refractivity contribution in [2.24, 2.45) is 0 Å². The van der Waals surface area contributed by atoms with Gasteiger partial charge in [0.05, 0.1) is 5.75 Å². The Balaban J connectivity index is 2.32. The Morgan fingerprint density at radius 2 is 2.05 bits per heavy atom. The van der Waals surface area contributed by atoms with Crippen LogP contribution in [0.15, 0.2) is 0 Å². The number of carbonyl (C=O) groups excluding carboxylic acids is 1. The monoisotopic (exact) mass is 292 g/mol. The van der Waals surface area contributed by atoms with Crippen LogP contribution in [-0.4, -0.2) is 62.7 Å². The van der Waals surface area contributed by atoms with Crippen molar-refractivity contribution in [3.8, 4) is 0 Å². The maximum Gasteiger partial charge on any atom is 0.410 e. The molecule has 1 unspecified atom stereocenters. The van der Waals surface area contributed by atoms with Gasteiger partial charge in [-0.1, -0.05) is 0 Å². The van der Waals surface area contributed by atoms with Crippen LogP contribution in [0.25, 0.3) is 0 Å². The second-order valence-corrected chi connectivity index (χ2v) is 8.26. The smallest absolute Gasteiger partial charge is 0.410 e. The normalized spacial score (nSPS) is 20.6. The molecule has 1 fully saturated rings. The van der Waals surface area contributed by atoms with Crippen LogP contribution in [0.1, 0.15) is 27.2 Å². The summed E-state index contributed by atoms with van der Waals surface area (Å²) in [6.07, 6.45) is 1.74. The molecule has 19 heavy (non-hydrogen) atoms. The van der Waals surface area contributed by atoms with Crippen LogP contribution in [-0.2, 0) is 14.6 Å². The summed E-state index contributed by atoms with van der Waals surface area (Å²) in [5.74, 6) is 0.121. The summed E-state index contributed by atoms with van der Waals surface area (Å²) in [6, 6.07) is 0.147. The van der Waals surface area contributed by atoms with E-state index in [4.69, 9.17) is 4.74 Å². The number of carbonyl (C=O) groups is 1. The summed E-state index contributed by atoms with van der Waals surface area (Å²) in [6.45, 7) is 7.14. The zero-order valence-corrected chi connectivity index (χ0v) is 12.9. The zero-order valence-electron chi connectivity index (χ0n) is 12.1. The van der Waals surface area contributed by atoms with Crippen molar-refractivity contribution in [2.45, 2.75) is 38.8 Å². The average molecular weight is 292 g/mol. The molecule has 6 nitrogen and oxygen atoms in total. The fourth-order valence-corrected chi connectivity index (χ4v) is 2.36. The second-order valence-electron chi connectivity index (χ2n) is 6.00. The number of hydrogen-bond donors (Lipinski definition) is 1. The lowest BCUT2D eigenvalue weighted by Crippen LogP contribution is -2.39. The molecule has 0 aromatic rings. The molecule has 112 valence electrons. The number of ether oxygens (including phenoxy) is 1. The third-order valence-electron chi connectivity index (χ3n) is 2.75. The van der Waals surface area contributed by atoms with Crippen LogP contribution in [0.2, 0.25) is 0 Å². The largest absolute Gasteiger partial charge is 0.444 e. The molecule has 0 aliphatic carbocycles. The summed E-state index contributed by atoms with van der Waals surface area (Å²) >= 11 is 0. The number of sulfone groups is 1. The number of rotatable bonds is 4. The van der Waals surface area contributed by atoms with E-state index in [-0.39, 0.29) is 17.9 Å². The van der Waals surface area contributed by atoms with Gasteiger partial charge in [-0.3, -0.25) is 0 Å². The third-order valence-corrected chi connectivity index (χ3v) is 3.69. The highest BCUT2D eigenvalue weighted by Crippen LogP contribution is 2.15. The Morgan fingerprint density at radius 1 is 1.42 bits per heavy atom. The highest BCUT2D eigenvalue weighted by atomic mass is 32.2. The van der Waals surface area contributed by atoms with E-state index in [2.05, 4.69) is 5.32 Å². The van der Waals surface area contributed by atoms with Gasteiger partial charge in [-0.15, -0.1) is 0 Å². The number of likely N-dealkylation sites (tertiary alicyclic amines) is 1. The van der Waals surface area contributed by atoms with E-state index >= 15 is 0 Å². The molecule has 1 rings (SSSR count). The van der Waals surface area contributed by atoms with Gasteiger partial charge in [0.1, 0.15) is 15.4 Å². The summed E-state index contributed by atoms with van der Waals surface area (Å²) < 4.78 is 27.3. The lowest BCUT2D eigenvalue weighted by atomic mass is 10.2. The molecule has 1 N–H and O–H groups in total. The van der Waals surface area contributed by atoms with Gasteiger partial charge in [0.15, 0.2) is 0 Å². The zero-order chi connectivity index (χ0) is 14.7. The first kappa shape index (κ1) is 16.2. The molecule has 0 spiro atoms. The highest BCUT2D eigenvalue weighted by molar-refractivity contribution is 7.90. The SMILES string of the molecule is CC(C)(C)OC(=O)N1CCC(NCCS(C)(=O)=O)C1. The third kappa shape index (κ3) is 6.77. The number of nitrogens with zero attached hydrogens (tertiary/aromatic N) is 1. The molecular weight excluding hydrogens is 268 g/mol. The maximum atomic E-state index is 11.8. The molecule has 1 amide bonds. The highest BCUT2D eigenvalue weighted by Gasteiger charge is 2.29. The van der Waals surface area contributed by atoms with E-state index in [1.165, 1.54) is 6.26 Å². The summed E-state index contributed by atoms with van der Waals surface area (Å²) in [5, 5.41) is 3.16. The summed E-state index contributed by atoms with van der Waals surface area (Å²) in [4.78, 5) is 13.5. The molecule has 7 heteroatoms. The van der Waals surface area contributed by atoms with Crippen molar-refractivity contribution in [3.63, 3.8) is 0 Å². The van der Waals surface area contributed by atoms with Gasteiger partial charge in [0, 0.05) is 31.9 Å². The van der Waals surface area contributed by atoms with Crippen molar-refractivity contribution in [1.29, 1.82) is 0 Å². The van der Waals surface area contributed by atoms with Crippen LogP contribution >= 0.6 is 0 Å². The Labute approximate surface area is 115 Å². The molecule has 1 saturated heterocycles. The molecule has 0 radical (unpaired) electrons. The van der Waals surface area contributed by atoms with Gasteiger partial charge in [-0.2, -0.15) is 0 Å². The fraction of sp³-hybridized carbons (Fsp3) is 0.917. The number of amides is 1. The van der Waals surface area contributed by atoms with E-state index in [0.29, 0.717) is 19.6 Å². The predicted octanol–water partition coefficient (Wildman–Crippen LogP) is 0.630. The topological polar surface area (TPSA) is 75.7 Å². The number of nitrogens with one attached hydrogen (secondary N) is 1. The first-order chi connectivity index (χ1) is 8.57. The van der Waals surface area contributed by atoms with E-state index in [0.717, 1.165) is 6.42 Å². The molecule has 0 bridgehead atoms. The van der Waals surface area contributed by atoms with E-state index in [1.54, 1.807) is 4.90 Å². The van der Waals surface area contributed by atoms with Gasteiger partial charge in [-0.25, -0.2) is 13.2 Å². The van der Waals surface area contributed by atoms with Crippen LogP contribution in [0.3, 0.4) is 0 Å². The van der Waals surface area contributed by atoms with Gasteiger partial charge in [-0.05, 0) is 27.2 Å². The first-order valence-corrected chi connectivity index (χ1v) is 8.52. The van der Waals surface area contributed by atoms with Crippen LogP contribution in [0, 0.1) is 0 Å². The Kier molecular flexibility index (Phi) is 5.20. The lowest BCUT2D eigenvalue weighted by molar-refractivity contribution is 0.0291. The van der Waals surface area contributed by atoms with E-state index in [1.807, 2.05) is 20.8 Å². The second kappa shape index (κ2) is 6.09. The maximum absolute atomic E-state index is 11.8. The molecule has 0 aromatic carbocycles. The minimum absolute atomic E-state index is 0.121. The number of hydrogen-bond acceptors (Lipinski definition) is 5. The van der Waals surface area contributed by atoms with Crippen molar-refractivity contribution >= 4 is 15.9 Å². The standard InChI is InChI=1S/C12H24N2O4S/c1-12(2,3)18-11(15)14-7-5-10(9-14)13-6-8-19(4,16)17/h10,13H,5-9H2,1-4H3. The lowest BCUT2D eigenvalue weighted by Gasteiger charge is -2.24. The molecule has 0 saturated carbocycles. The molecular formula is C12H24N2O4S. The predicted molar refractivity (Wildman–Crippen MR) is 73.9 cm³/mol. The summed E-state index contributed by atoms with van der Waals surface area (Å²) in [7, 11) is -2.94. The van der Waals surface area contributed by atoms with Crippen LogP contribution < -0.4 is 5.32 Å². The van der Waals surface area contributed by atoms with Crippen molar-refractivity contribution in [1.82, 2.24) is 10.2 Å². The quantitative estimate of drug-likeness (QED) is 0.822. The van der Waals surface area contributed by atoms with Crippen molar-refractivity contribution in [3.05, 3.63) is 0 Å². The van der Waals surface area contributed by atoms with E-state index < -0.39 is 15.4 Å². The minimum atomic E-state index is -2.94. The molecule has 1 aliphatic heterocycles. The average Bonchev–Trinajstić information content (AvgIpc) is 2.61. The van der Waals surface area contributed by atoms with E-state index in [9.17, 15) is 13.2 Å². The van der Waals surface area contributed by atoms with Gasteiger partial charge < -0.3 is 15.0 Å². The first-order valence-electron chi connectivity index (χ1n) is 6.46. The molecule has 0 aromatic heterocycles. The Hall–Kier alpha value is -0.820. The Morgan fingerprint density at radius 3 is 2.58 bits per heavy atom. The fourth-order valence-electron chi connectivity index (χ4n) is 1.87. The Bertz CT molecular complexity index is 414. The van der Waals surface area contributed by atoms with Gasteiger partial charge >= 0.3 is 6.09 Å². The van der Waals surface area contributed by atoms with Crippen LogP contribution in [0.4, 0.5) is 4.79 Å². The van der Waals surface area contributed by atoms with Crippen molar-refractivity contribution < 1.29 is 17.9 Å². The summed E-state index contributed by atoms with van der Waals surface area (Å²) in [5.41, 5.74) is -0.487. The molecule has 1 atom stereocenters. The van der Waals surface area contributed by atoms with Crippen molar-refractivity contribution in [2.75, 3.05) is 31.6 Å². The molecule has 1 heterocycles. The van der Waals surface area contributed by atoms with Crippen LogP contribution in [0.5, 0.6) is 0 Å². The molecule has 1 aliphatic rings. The van der Waals surface area contributed by atoms with Gasteiger partial charge in [0.25, 0.3) is 0 Å². The van der Waals surface area contributed by atoms with Gasteiger partial charge in [0.2, 0.25) is 0 Å². The minimum Gasteiger partial charge on any atom is -0.444 e.